The second kappa shape index (κ2) is 5.86. The van der Waals surface area contributed by atoms with Crippen LogP contribution in [0.4, 0.5) is 0 Å². The Bertz CT molecular complexity index is 745. The number of hydrogen-bond acceptors (Lipinski definition) is 2. The maximum atomic E-state index is 11.8. The van der Waals surface area contributed by atoms with Crippen molar-refractivity contribution in [2.45, 2.75) is 6.92 Å². The van der Waals surface area contributed by atoms with Gasteiger partial charge in [-0.05, 0) is 30.2 Å². The summed E-state index contributed by atoms with van der Waals surface area (Å²) in [6.07, 6.45) is 0. The number of carbonyl (C=O) groups is 1. The molecule has 3 rings (SSSR count). The number of aromatic hydroxyl groups is 1. The minimum absolute atomic E-state index is 0.0191. The normalized spacial score (nSPS) is 10.4. The first-order valence-electron chi connectivity index (χ1n) is 7.15. The van der Waals surface area contributed by atoms with Gasteiger partial charge in [0.25, 0.3) is 0 Å². The molecule has 0 amide bonds. The predicted molar refractivity (Wildman–Crippen MR) is 89.0 cm³/mol. The van der Waals surface area contributed by atoms with Gasteiger partial charge in [-0.25, -0.2) is 0 Å². The summed E-state index contributed by atoms with van der Waals surface area (Å²) in [5.74, 6) is 0.178. The summed E-state index contributed by atoms with van der Waals surface area (Å²) in [6, 6.07) is 22.7. The lowest BCUT2D eigenvalue weighted by Crippen LogP contribution is -1.95. The van der Waals surface area contributed by atoms with Crippen molar-refractivity contribution in [2.75, 3.05) is 0 Å². The number of rotatable bonds is 3. The fraction of sp³-hybridized carbons (Fsp3) is 0.0500. The fourth-order valence-electron chi connectivity index (χ4n) is 2.51. The van der Waals surface area contributed by atoms with E-state index in [-0.39, 0.29) is 11.5 Å². The van der Waals surface area contributed by atoms with Gasteiger partial charge in [0.1, 0.15) is 5.75 Å². The minimum atomic E-state index is -0.0191. The largest absolute Gasteiger partial charge is 0.507 e. The first-order valence-corrected chi connectivity index (χ1v) is 7.15. The Morgan fingerprint density at radius 3 is 1.55 bits per heavy atom. The van der Waals surface area contributed by atoms with E-state index < -0.39 is 0 Å². The minimum Gasteiger partial charge on any atom is -0.507 e. The van der Waals surface area contributed by atoms with Gasteiger partial charge >= 0.3 is 0 Å². The van der Waals surface area contributed by atoms with Gasteiger partial charge in [-0.2, -0.15) is 0 Å². The third-order valence-corrected chi connectivity index (χ3v) is 3.69. The topological polar surface area (TPSA) is 37.3 Å². The van der Waals surface area contributed by atoms with Crippen LogP contribution in [0.2, 0.25) is 0 Å². The van der Waals surface area contributed by atoms with Crippen LogP contribution in [0.15, 0.2) is 72.8 Å². The van der Waals surface area contributed by atoms with Crippen LogP contribution in [0.1, 0.15) is 17.3 Å². The molecular weight excluding hydrogens is 272 g/mol. The van der Waals surface area contributed by atoms with E-state index in [1.54, 1.807) is 12.1 Å². The Labute approximate surface area is 129 Å². The van der Waals surface area contributed by atoms with E-state index >= 15 is 0 Å². The van der Waals surface area contributed by atoms with E-state index in [0.717, 1.165) is 11.1 Å². The standard InChI is InChI=1S/C20H16O2/c1-14(21)17-12-18(15-8-4-2-5-9-15)20(22)19(13-17)16-10-6-3-7-11-16/h2-13,22H,1H3. The Balaban J connectivity index is 2.27. The van der Waals surface area contributed by atoms with Gasteiger partial charge in [0, 0.05) is 16.7 Å². The predicted octanol–water partition coefficient (Wildman–Crippen LogP) is 4.93. The van der Waals surface area contributed by atoms with Crippen molar-refractivity contribution in [1.29, 1.82) is 0 Å². The van der Waals surface area contributed by atoms with Crippen LogP contribution in [-0.2, 0) is 0 Å². The molecule has 0 aliphatic rings. The van der Waals surface area contributed by atoms with E-state index in [9.17, 15) is 9.90 Å². The maximum absolute atomic E-state index is 11.8. The third kappa shape index (κ3) is 2.63. The van der Waals surface area contributed by atoms with Crippen LogP contribution >= 0.6 is 0 Å². The van der Waals surface area contributed by atoms with E-state index in [1.807, 2.05) is 60.7 Å². The monoisotopic (exact) mass is 288 g/mol. The first kappa shape index (κ1) is 14.1. The second-order valence-corrected chi connectivity index (χ2v) is 5.21. The molecular formula is C20H16O2. The van der Waals surface area contributed by atoms with Gasteiger partial charge < -0.3 is 5.11 Å². The lowest BCUT2D eigenvalue weighted by Gasteiger charge is -2.13. The molecule has 108 valence electrons. The quantitative estimate of drug-likeness (QED) is 0.694. The molecule has 3 aromatic carbocycles. The molecule has 0 saturated heterocycles. The SMILES string of the molecule is CC(=O)c1cc(-c2ccccc2)c(O)c(-c2ccccc2)c1. The first-order chi connectivity index (χ1) is 10.7. The average molecular weight is 288 g/mol. The lowest BCUT2D eigenvalue weighted by atomic mass is 9.93. The summed E-state index contributed by atoms with van der Waals surface area (Å²) in [5.41, 5.74) is 3.72. The molecule has 0 unspecified atom stereocenters. The molecule has 0 aliphatic carbocycles. The Morgan fingerprint density at radius 2 is 1.18 bits per heavy atom. The average Bonchev–Trinajstić information content (AvgIpc) is 2.56. The van der Waals surface area contributed by atoms with E-state index in [4.69, 9.17) is 0 Å². The Morgan fingerprint density at radius 1 is 0.773 bits per heavy atom. The second-order valence-electron chi connectivity index (χ2n) is 5.21. The number of Topliss-reactive ketones (excluding diaryl/α,β-unsaturated/α-hetero) is 1. The number of ketones is 1. The van der Waals surface area contributed by atoms with Crippen LogP contribution in [-0.4, -0.2) is 10.9 Å². The molecule has 0 heterocycles. The van der Waals surface area contributed by atoms with Gasteiger partial charge in [-0.3, -0.25) is 4.79 Å². The zero-order valence-corrected chi connectivity index (χ0v) is 12.3. The molecule has 0 aliphatic heterocycles. The number of phenols is 1. The van der Waals surface area contributed by atoms with Crippen LogP contribution in [0, 0.1) is 0 Å². The molecule has 22 heavy (non-hydrogen) atoms. The van der Waals surface area contributed by atoms with Gasteiger partial charge in [0.05, 0.1) is 0 Å². The van der Waals surface area contributed by atoms with E-state index in [2.05, 4.69) is 0 Å². The van der Waals surface area contributed by atoms with Crippen molar-refractivity contribution in [3.8, 4) is 28.0 Å². The highest BCUT2D eigenvalue weighted by Crippen LogP contribution is 2.39. The van der Waals surface area contributed by atoms with Gasteiger partial charge in [-0.15, -0.1) is 0 Å². The smallest absolute Gasteiger partial charge is 0.159 e. The summed E-state index contributed by atoms with van der Waals surface area (Å²) in [7, 11) is 0. The fourth-order valence-corrected chi connectivity index (χ4v) is 2.51. The molecule has 2 heteroatoms. The Hall–Kier alpha value is -2.87. The molecule has 0 saturated carbocycles. The number of hydrogen-bond donors (Lipinski definition) is 1. The summed E-state index contributed by atoms with van der Waals surface area (Å²) < 4.78 is 0. The van der Waals surface area contributed by atoms with Crippen molar-refractivity contribution in [2.24, 2.45) is 0 Å². The molecule has 2 nitrogen and oxygen atoms in total. The molecule has 0 bridgehead atoms. The van der Waals surface area contributed by atoms with E-state index in [0.29, 0.717) is 16.7 Å². The van der Waals surface area contributed by atoms with Crippen molar-refractivity contribution >= 4 is 5.78 Å². The summed E-state index contributed by atoms with van der Waals surface area (Å²) in [4.78, 5) is 11.8. The van der Waals surface area contributed by atoms with Crippen LogP contribution in [0.3, 0.4) is 0 Å². The number of phenolic OH excluding ortho intramolecular Hbond substituents is 1. The molecule has 0 spiro atoms. The highest BCUT2D eigenvalue weighted by molar-refractivity contribution is 5.98. The molecule has 0 atom stereocenters. The van der Waals surface area contributed by atoms with E-state index in [1.165, 1.54) is 6.92 Å². The Kier molecular flexibility index (Phi) is 3.75. The van der Waals surface area contributed by atoms with Crippen molar-refractivity contribution in [3.63, 3.8) is 0 Å². The third-order valence-electron chi connectivity index (χ3n) is 3.69. The lowest BCUT2D eigenvalue weighted by molar-refractivity contribution is 0.101. The van der Waals surface area contributed by atoms with Gasteiger partial charge in [-0.1, -0.05) is 60.7 Å². The van der Waals surface area contributed by atoms with Gasteiger partial charge in [0.15, 0.2) is 5.78 Å². The maximum Gasteiger partial charge on any atom is 0.159 e. The number of carbonyl (C=O) groups excluding carboxylic acids is 1. The van der Waals surface area contributed by atoms with Crippen molar-refractivity contribution in [3.05, 3.63) is 78.4 Å². The van der Waals surface area contributed by atoms with Crippen LogP contribution < -0.4 is 0 Å². The number of benzene rings is 3. The molecule has 1 N–H and O–H groups in total. The highest BCUT2D eigenvalue weighted by Gasteiger charge is 2.14. The van der Waals surface area contributed by atoms with Crippen molar-refractivity contribution < 1.29 is 9.90 Å². The summed E-state index contributed by atoms with van der Waals surface area (Å²) in [5, 5.41) is 10.7. The molecule has 0 aromatic heterocycles. The summed E-state index contributed by atoms with van der Waals surface area (Å²) in [6.45, 7) is 1.54. The van der Waals surface area contributed by atoms with Crippen LogP contribution in [0.25, 0.3) is 22.3 Å². The molecule has 3 aromatic rings. The van der Waals surface area contributed by atoms with Gasteiger partial charge in [0.2, 0.25) is 0 Å². The van der Waals surface area contributed by atoms with Crippen LogP contribution in [0.5, 0.6) is 5.75 Å². The zero-order valence-electron chi connectivity index (χ0n) is 12.3. The highest BCUT2D eigenvalue weighted by atomic mass is 16.3. The molecule has 0 fully saturated rings. The molecule has 0 radical (unpaired) electrons. The zero-order chi connectivity index (χ0) is 15.5. The van der Waals surface area contributed by atoms with Crippen molar-refractivity contribution in [1.82, 2.24) is 0 Å². The summed E-state index contributed by atoms with van der Waals surface area (Å²) >= 11 is 0.